The third-order valence-corrected chi connectivity index (χ3v) is 4.82. The Kier molecular flexibility index (Phi) is 5.77. The van der Waals surface area contributed by atoms with E-state index in [1.807, 2.05) is 50.2 Å². The monoisotopic (exact) mass is 392 g/mol. The number of amides is 1. The average Bonchev–Trinajstić information content (AvgIpc) is 2.72. The lowest BCUT2D eigenvalue weighted by Crippen LogP contribution is -2.46. The van der Waals surface area contributed by atoms with Crippen molar-refractivity contribution in [1.29, 1.82) is 0 Å². The highest BCUT2D eigenvalue weighted by atomic mass is 16.2. The van der Waals surface area contributed by atoms with Crippen LogP contribution in [0.25, 0.3) is 5.69 Å². The topological polar surface area (TPSA) is 77.2 Å². The summed E-state index contributed by atoms with van der Waals surface area (Å²) in [6.07, 6.45) is 0. The second-order valence-corrected chi connectivity index (χ2v) is 7.07. The molecule has 0 radical (unpaired) electrons. The second-order valence-electron chi connectivity index (χ2n) is 7.07. The second kappa shape index (κ2) is 8.26. The van der Waals surface area contributed by atoms with Crippen molar-refractivity contribution in [2.45, 2.75) is 27.3 Å². The van der Waals surface area contributed by atoms with Crippen LogP contribution in [0.1, 0.15) is 34.1 Å². The van der Waals surface area contributed by atoms with Crippen molar-refractivity contribution in [3.8, 4) is 5.69 Å². The molecule has 0 fully saturated rings. The predicted octanol–water partition coefficient (Wildman–Crippen LogP) is 2.15. The van der Waals surface area contributed by atoms with E-state index in [4.69, 9.17) is 0 Å². The highest BCUT2D eigenvalue weighted by Gasteiger charge is 2.22. The average molecular weight is 392 g/mol. The minimum absolute atomic E-state index is 0.0580. The maximum Gasteiger partial charge on any atom is 0.352 e. The molecule has 0 saturated heterocycles. The summed E-state index contributed by atoms with van der Waals surface area (Å²) in [6, 6.07) is 14.7. The summed E-state index contributed by atoms with van der Waals surface area (Å²) < 4.78 is 2.18. The zero-order valence-corrected chi connectivity index (χ0v) is 17.0. The van der Waals surface area contributed by atoms with Gasteiger partial charge in [0.25, 0.3) is 11.5 Å². The summed E-state index contributed by atoms with van der Waals surface area (Å²) in [5, 5.41) is 4.14. The third-order valence-electron chi connectivity index (χ3n) is 4.82. The Hall–Kier alpha value is -3.48. The lowest BCUT2D eigenvalue weighted by atomic mass is 10.1. The Bertz CT molecular complexity index is 1140. The molecule has 1 aromatic heterocycles. The van der Waals surface area contributed by atoms with Crippen LogP contribution in [0.15, 0.2) is 58.1 Å². The van der Waals surface area contributed by atoms with E-state index in [9.17, 15) is 14.4 Å². The lowest BCUT2D eigenvalue weighted by Gasteiger charge is -2.16. The van der Waals surface area contributed by atoms with Gasteiger partial charge in [0.05, 0.1) is 12.2 Å². The number of carbonyl (C=O) groups is 1. The van der Waals surface area contributed by atoms with E-state index in [-0.39, 0.29) is 12.2 Å². The SMILES string of the molecule is CCN(C)C(=O)c1nn(-c2ccc(C)cc2)c(=O)n(Cc2ccc(C)cc2)c1=O. The number of rotatable bonds is 5. The number of hydrogen-bond acceptors (Lipinski definition) is 4. The first-order valence-electron chi connectivity index (χ1n) is 9.44. The molecule has 150 valence electrons. The molecule has 3 rings (SSSR count). The zero-order chi connectivity index (χ0) is 21.1. The summed E-state index contributed by atoms with van der Waals surface area (Å²) in [5.74, 6) is -0.518. The molecule has 2 aromatic carbocycles. The van der Waals surface area contributed by atoms with Gasteiger partial charge >= 0.3 is 5.69 Å². The Morgan fingerprint density at radius 2 is 1.52 bits per heavy atom. The van der Waals surface area contributed by atoms with Gasteiger partial charge in [0.15, 0.2) is 0 Å². The molecule has 0 N–H and O–H groups in total. The highest BCUT2D eigenvalue weighted by Crippen LogP contribution is 2.07. The quantitative estimate of drug-likeness (QED) is 0.667. The molecule has 0 bridgehead atoms. The van der Waals surface area contributed by atoms with Crippen molar-refractivity contribution >= 4 is 5.91 Å². The van der Waals surface area contributed by atoms with Crippen molar-refractivity contribution < 1.29 is 4.79 Å². The van der Waals surface area contributed by atoms with Crippen molar-refractivity contribution in [1.82, 2.24) is 19.2 Å². The Morgan fingerprint density at radius 3 is 2.07 bits per heavy atom. The van der Waals surface area contributed by atoms with Crippen LogP contribution >= 0.6 is 0 Å². The minimum atomic E-state index is -0.691. The van der Waals surface area contributed by atoms with E-state index in [0.29, 0.717) is 12.2 Å². The summed E-state index contributed by atoms with van der Waals surface area (Å²) in [4.78, 5) is 40.2. The van der Waals surface area contributed by atoms with E-state index in [1.54, 1.807) is 26.1 Å². The number of aryl methyl sites for hydroxylation is 2. The maximum atomic E-state index is 13.1. The molecule has 7 nitrogen and oxygen atoms in total. The molecule has 3 aromatic rings. The van der Waals surface area contributed by atoms with Gasteiger partial charge in [0.1, 0.15) is 0 Å². The minimum Gasteiger partial charge on any atom is -0.340 e. The lowest BCUT2D eigenvalue weighted by molar-refractivity contribution is 0.0791. The van der Waals surface area contributed by atoms with Crippen LogP contribution < -0.4 is 11.2 Å². The standard InChI is InChI=1S/C22H24N4O3/c1-5-24(4)20(27)19-21(28)25(14-17-10-6-15(2)7-11-17)22(29)26(23-19)18-12-8-16(3)9-13-18/h6-13H,5,14H2,1-4H3. The van der Waals surface area contributed by atoms with Crippen LogP contribution in [0.3, 0.4) is 0 Å². The van der Waals surface area contributed by atoms with Crippen LogP contribution in [0.2, 0.25) is 0 Å². The highest BCUT2D eigenvalue weighted by molar-refractivity contribution is 5.91. The van der Waals surface area contributed by atoms with E-state index < -0.39 is 17.2 Å². The molecule has 0 aliphatic heterocycles. The molecule has 0 aliphatic carbocycles. The molecular formula is C22H24N4O3. The molecule has 0 spiro atoms. The molecule has 0 aliphatic rings. The predicted molar refractivity (Wildman–Crippen MR) is 112 cm³/mol. The molecule has 0 saturated carbocycles. The number of nitrogens with zero attached hydrogens (tertiary/aromatic N) is 4. The van der Waals surface area contributed by atoms with Crippen molar-refractivity contribution in [3.63, 3.8) is 0 Å². The number of aromatic nitrogens is 3. The van der Waals surface area contributed by atoms with E-state index in [0.717, 1.165) is 25.9 Å². The molecule has 1 amide bonds. The van der Waals surface area contributed by atoms with Crippen molar-refractivity contribution in [2.24, 2.45) is 0 Å². The molecular weight excluding hydrogens is 368 g/mol. The number of hydrogen-bond donors (Lipinski definition) is 0. The van der Waals surface area contributed by atoms with Crippen LogP contribution in [-0.2, 0) is 6.54 Å². The zero-order valence-electron chi connectivity index (χ0n) is 17.0. The first-order valence-corrected chi connectivity index (χ1v) is 9.44. The van der Waals surface area contributed by atoms with Gasteiger partial charge in [-0.3, -0.25) is 14.2 Å². The van der Waals surface area contributed by atoms with Crippen molar-refractivity contribution in [2.75, 3.05) is 13.6 Å². The summed E-state index contributed by atoms with van der Waals surface area (Å²) in [7, 11) is 1.59. The van der Waals surface area contributed by atoms with E-state index >= 15 is 0 Å². The molecule has 0 atom stereocenters. The fourth-order valence-corrected chi connectivity index (χ4v) is 2.84. The Morgan fingerprint density at radius 1 is 0.966 bits per heavy atom. The summed E-state index contributed by atoms with van der Waals surface area (Å²) >= 11 is 0. The van der Waals surface area contributed by atoms with Gasteiger partial charge in [0.2, 0.25) is 5.69 Å². The maximum absolute atomic E-state index is 13.1. The largest absolute Gasteiger partial charge is 0.352 e. The smallest absolute Gasteiger partial charge is 0.340 e. The van der Waals surface area contributed by atoms with E-state index in [1.165, 1.54) is 4.90 Å². The molecule has 29 heavy (non-hydrogen) atoms. The van der Waals surface area contributed by atoms with E-state index in [2.05, 4.69) is 5.10 Å². The van der Waals surface area contributed by atoms with Gasteiger partial charge in [0, 0.05) is 13.6 Å². The normalized spacial score (nSPS) is 10.8. The fourth-order valence-electron chi connectivity index (χ4n) is 2.84. The van der Waals surface area contributed by atoms with Crippen LogP contribution in [0.5, 0.6) is 0 Å². The summed E-state index contributed by atoms with van der Waals surface area (Å²) in [5.41, 5.74) is 1.83. The van der Waals surface area contributed by atoms with Gasteiger partial charge in [-0.1, -0.05) is 47.5 Å². The first kappa shape index (κ1) is 20.3. The Balaban J connectivity index is 2.22. The van der Waals surface area contributed by atoms with Crippen LogP contribution in [0, 0.1) is 13.8 Å². The van der Waals surface area contributed by atoms with Gasteiger partial charge in [-0.15, -0.1) is 0 Å². The van der Waals surface area contributed by atoms with Gasteiger partial charge in [-0.05, 0) is 38.5 Å². The number of carbonyl (C=O) groups excluding carboxylic acids is 1. The first-order chi connectivity index (χ1) is 13.8. The Labute approximate surface area is 168 Å². The molecule has 1 heterocycles. The molecule has 7 heteroatoms. The van der Waals surface area contributed by atoms with Gasteiger partial charge in [-0.2, -0.15) is 9.78 Å². The van der Waals surface area contributed by atoms with Crippen LogP contribution in [-0.4, -0.2) is 38.7 Å². The fraction of sp³-hybridized carbons (Fsp3) is 0.273. The van der Waals surface area contributed by atoms with Crippen molar-refractivity contribution in [3.05, 3.63) is 91.8 Å². The third kappa shape index (κ3) is 4.18. The van der Waals surface area contributed by atoms with Gasteiger partial charge < -0.3 is 4.90 Å². The summed E-state index contributed by atoms with van der Waals surface area (Å²) in [6.45, 7) is 6.18. The number of benzene rings is 2. The van der Waals surface area contributed by atoms with Gasteiger partial charge in [-0.25, -0.2) is 4.79 Å². The van der Waals surface area contributed by atoms with Crippen LogP contribution in [0.4, 0.5) is 0 Å². The molecule has 0 unspecified atom stereocenters.